The summed E-state index contributed by atoms with van der Waals surface area (Å²) in [6.07, 6.45) is 5.48. The van der Waals surface area contributed by atoms with Crippen molar-refractivity contribution >= 4 is 5.97 Å². The molecule has 0 amide bonds. The zero-order valence-corrected chi connectivity index (χ0v) is 12.3. The largest absolute Gasteiger partial charge is 0.466 e. The molecule has 3 nitrogen and oxygen atoms in total. The second-order valence-electron chi connectivity index (χ2n) is 5.42. The maximum atomic E-state index is 11.4. The van der Waals surface area contributed by atoms with Crippen molar-refractivity contribution in [2.24, 2.45) is 0 Å². The highest BCUT2D eigenvalue weighted by atomic mass is 16.5. The number of hydrogen-bond acceptors (Lipinski definition) is 3. The van der Waals surface area contributed by atoms with Gasteiger partial charge in [0.1, 0.15) is 0 Å². The third kappa shape index (κ3) is 4.34. The van der Waals surface area contributed by atoms with Crippen LogP contribution >= 0.6 is 0 Å². The van der Waals surface area contributed by atoms with E-state index in [0.717, 1.165) is 0 Å². The third-order valence-electron chi connectivity index (χ3n) is 4.03. The molecule has 2 atom stereocenters. The van der Waals surface area contributed by atoms with E-state index in [2.05, 4.69) is 35.6 Å². The SMILES string of the molecule is CCOC(=O)CCNC1CCCCC1c1ccccc1. The predicted octanol–water partition coefficient (Wildman–Crippen LogP) is 3.26. The van der Waals surface area contributed by atoms with E-state index in [9.17, 15) is 4.79 Å². The van der Waals surface area contributed by atoms with Gasteiger partial charge in [0.15, 0.2) is 0 Å². The van der Waals surface area contributed by atoms with Crippen LogP contribution in [0.5, 0.6) is 0 Å². The van der Waals surface area contributed by atoms with Gasteiger partial charge in [-0.25, -0.2) is 0 Å². The lowest BCUT2D eigenvalue weighted by Gasteiger charge is -2.32. The zero-order chi connectivity index (χ0) is 14.2. The van der Waals surface area contributed by atoms with Crippen LogP contribution in [0.3, 0.4) is 0 Å². The number of carbonyl (C=O) groups is 1. The van der Waals surface area contributed by atoms with Gasteiger partial charge >= 0.3 is 5.97 Å². The molecular formula is C17H25NO2. The Hall–Kier alpha value is -1.35. The van der Waals surface area contributed by atoms with E-state index in [0.29, 0.717) is 31.5 Å². The monoisotopic (exact) mass is 275 g/mol. The fourth-order valence-corrected chi connectivity index (χ4v) is 3.07. The molecule has 0 saturated heterocycles. The molecule has 20 heavy (non-hydrogen) atoms. The van der Waals surface area contributed by atoms with Crippen LogP contribution in [0.2, 0.25) is 0 Å². The average molecular weight is 275 g/mol. The van der Waals surface area contributed by atoms with E-state index < -0.39 is 0 Å². The van der Waals surface area contributed by atoms with E-state index in [4.69, 9.17) is 4.74 Å². The highest BCUT2D eigenvalue weighted by molar-refractivity contribution is 5.69. The molecule has 2 rings (SSSR count). The molecule has 2 unspecified atom stereocenters. The molecule has 0 heterocycles. The minimum absolute atomic E-state index is 0.105. The first-order valence-corrected chi connectivity index (χ1v) is 7.75. The van der Waals surface area contributed by atoms with Crippen LogP contribution in [0, 0.1) is 0 Å². The molecule has 110 valence electrons. The summed E-state index contributed by atoms with van der Waals surface area (Å²) in [6, 6.07) is 11.2. The predicted molar refractivity (Wildman–Crippen MR) is 80.7 cm³/mol. The summed E-state index contributed by atoms with van der Waals surface area (Å²) in [5.74, 6) is 0.471. The number of nitrogens with one attached hydrogen (secondary N) is 1. The fourth-order valence-electron chi connectivity index (χ4n) is 3.07. The van der Waals surface area contributed by atoms with Crippen LogP contribution in [-0.2, 0) is 9.53 Å². The normalized spacial score (nSPS) is 22.4. The van der Waals surface area contributed by atoms with Crippen molar-refractivity contribution in [1.29, 1.82) is 0 Å². The first-order valence-electron chi connectivity index (χ1n) is 7.75. The Balaban J connectivity index is 1.86. The molecule has 0 bridgehead atoms. The highest BCUT2D eigenvalue weighted by Gasteiger charge is 2.25. The second-order valence-corrected chi connectivity index (χ2v) is 5.42. The first-order chi connectivity index (χ1) is 9.81. The summed E-state index contributed by atoms with van der Waals surface area (Å²) in [6.45, 7) is 3.03. The van der Waals surface area contributed by atoms with Gasteiger partial charge in [0.05, 0.1) is 13.0 Å². The number of hydrogen-bond donors (Lipinski definition) is 1. The van der Waals surface area contributed by atoms with Crippen molar-refractivity contribution in [3.05, 3.63) is 35.9 Å². The molecule has 1 N–H and O–H groups in total. The van der Waals surface area contributed by atoms with Crippen LogP contribution in [0.1, 0.15) is 50.5 Å². The van der Waals surface area contributed by atoms with Gasteiger partial charge in [-0.05, 0) is 31.2 Å². The number of esters is 1. The standard InChI is InChI=1S/C17H25NO2/c1-2-20-17(19)12-13-18-16-11-7-6-10-15(16)14-8-4-3-5-9-14/h3-5,8-9,15-16,18H,2,6-7,10-13H2,1H3. The fraction of sp³-hybridized carbons (Fsp3) is 0.588. The van der Waals surface area contributed by atoms with Gasteiger partial charge < -0.3 is 10.1 Å². The van der Waals surface area contributed by atoms with Gasteiger partial charge in [-0.1, -0.05) is 43.2 Å². The maximum absolute atomic E-state index is 11.4. The van der Waals surface area contributed by atoms with Gasteiger partial charge in [0.2, 0.25) is 0 Å². The second kappa shape index (κ2) is 8.05. The zero-order valence-electron chi connectivity index (χ0n) is 12.3. The molecule has 1 aromatic rings. The summed E-state index contributed by atoms with van der Waals surface area (Å²) in [5, 5.41) is 3.56. The number of ether oxygens (including phenoxy) is 1. The van der Waals surface area contributed by atoms with Gasteiger partial charge in [-0.2, -0.15) is 0 Å². The van der Waals surface area contributed by atoms with Gasteiger partial charge in [-0.15, -0.1) is 0 Å². The molecule has 0 radical (unpaired) electrons. The minimum atomic E-state index is -0.105. The molecule has 0 spiro atoms. The summed E-state index contributed by atoms with van der Waals surface area (Å²) in [5.41, 5.74) is 1.42. The summed E-state index contributed by atoms with van der Waals surface area (Å²) >= 11 is 0. The molecule has 1 aliphatic carbocycles. The molecule has 0 aromatic heterocycles. The van der Waals surface area contributed by atoms with E-state index in [-0.39, 0.29) is 5.97 Å². The van der Waals surface area contributed by atoms with Crippen LogP contribution in [0.25, 0.3) is 0 Å². The van der Waals surface area contributed by atoms with Crippen LogP contribution < -0.4 is 5.32 Å². The van der Waals surface area contributed by atoms with Crippen LogP contribution in [0.4, 0.5) is 0 Å². The highest BCUT2D eigenvalue weighted by Crippen LogP contribution is 2.32. The Kier molecular flexibility index (Phi) is 6.06. The summed E-state index contributed by atoms with van der Waals surface area (Å²) < 4.78 is 4.96. The summed E-state index contributed by atoms with van der Waals surface area (Å²) in [7, 11) is 0. The molecule has 1 saturated carbocycles. The number of rotatable bonds is 6. The van der Waals surface area contributed by atoms with Crippen molar-refractivity contribution in [3.8, 4) is 0 Å². The van der Waals surface area contributed by atoms with Crippen molar-refractivity contribution in [1.82, 2.24) is 5.32 Å². The van der Waals surface area contributed by atoms with Crippen molar-refractivity contribution in [3.63, 3.8) is 0 Å². The smallest absolute Gasteiger partial charge is 0.307 e. The van der Waals surface area contributed by atoms with Crippen LogP contribution in [-0.4, -0.2) is 25.2 Å². The Morgan fingerprint density at radius 2 is 2.00 bits per heavy atom. The lowest BCUT2D eigenvalue weighted by molar-refractivity contribution is -0.143. The number of carbonyl (C=O) groups excluding carboxylic acids is 1. The van der Waals surface area contributed by atoms with Gasteiger partial charge in [-0.3, -0.25) is 4.79 Å². The molecule has 1 aromatic carbocycles. The molecule has 3 heteroatoms. The van der Waals surface area contributed by atoms with Gasteiger partial charge in [0, 0.05) is 12.6 Å². The van der Waals surface area contributed by atoms with E-state index in [1.165, 1.54) is 31.2 Å². The minimum Gasteiger partial charge on any atom is -0.466 e. The Morgan fingerprint density at radius 1 is 1.25 bits per heavy atom. The average Bonchev–Trinajstić information content (AvgIpc) is 2.49. The van der Waals surface area contributed by atoms with Crippen molar-refractivity contribution in [2.75, 3.05) is 13.2 Å². The van der Waals surface area contributed by atoms with Crippen LogP contribution in [0.15, 0.2) is 30.3 Å². The Labute approximate surface area is 121 Å². The Bertz CT molecular complexity index is 405. The molecule has 0 aliphatic heterocycles. The topological polar surface area (TPSA) is 38.3 Å². The van der Waals surface area contributed by atoms with Gasteiger partial charge in [0.25, 0.3) is 0 Å². The van der Waals surface area contributed by atoms with E-state index in [1.54, 1.807) is 0 Å². The Morgan fingerprint density at radius 3 is 2.75 bits per heavy atom. The van der Waals surface area contributed by atoms with Crippen molar-refractivity contribution < 1.29 is 9.53 Å². The first kappa shape index (κ1) is 15.0. The van der Waals surface area contributed by atoms with E-state index >= 15 is 0 Å². The molecule has 1 aliphatic rings. The lowest BCUT2D eigenvalue weighted by atomic mass is 9.80. The van der Waals surface area contributed by atoms with Crippen molar-refractivity contribution in [2.45, 2.75) is 51.0 Å². The third-order valence-corrected chi connectivity index (χ3v) is 4.03. The maximum Gasteiger partial charge on any atom is 0.307 e. The molecular weight excluding hydrogens is 250 g/mol. The lowest BCUT2D eigenvalue weighted by Crippen LogP contribution is -2.38. The summed E-state index contributed by atoms with van der Waals surface area (Å²) in [4.78, 5) is 11.4. The molecule has 1 fully saturated rings. The number of benzene rings is 1. The quantitative estimate of drug-likeness (QED) is 0.810. The van der Waals surface area contributed by atoms with E-state index in [1.807, 2.05) is 6.92 Å².